The molecule has 0 aromatic heterocycles. The van der Waals surface area contributed by atoms with Crippen LogP contribution in [-0.4, -0.2) is 37.1 Å². The monoisotopic (exact) mass is 647 g/mol. The largest absolute Gasteiger partial charge is 1.00 e. The van der Waals surface area contributed by atoms with Crippen molar-refractivity contribution in [2.24, 2.45) is 0 Å². The number of aliphatic carboxylic acids is 1. The van der Waals surface area contributed by atoms with Crippen LogP contribution in [0.15, 0.2) is 12.2 Å². The maximum atomic E-state index is 12.0. The van der Waals surface area contributed by atoms with Crippen molar-refractivity contribution >= 4 is 11.9 Å². The van der Waals surface area contributed by atoms with Crippen LogP contribution in [0.4, 0.5) is 0 Å². The molecular weight excluding hydrogens is 567 g/mol. The maximum Gasteiger partial charge on any atom is 1.00 e. The first-order valence-corrected chi connectivity index (χ1v) is 19.4. The Kier molecular flexibility index (Phi) is 49.9. The minimum absolute atomic E-state index is 0. The standard InChI is InChI=1S/C36H71NO.C3H7NO2.Na.H/c1-3-5-7-9-11-13-15-17-19-21-23-25-27-29-31-33-35-37-36(38)34-32-30-28-26-24-22-20-18-16-14-12-10-8-6-4-2;1-4-2-3(5)6;;/h18,20H,3-17,19,21-35H2,1-2H3,(H,37,38);4H,2H2,1H3,(H,5,6);;/q;;+1;-1/b20-18-;;;. The van der Waals surface area contributed by atoms with Crippen molar-refractivity contribution in [2.75, 3.05) is 20.1 Å². The summed E-state index contributed by atoms with van der Waals surface area (Å²) in [5.74, 6) is -0.555. The van der Waals surface area contributed by atoms with E-state index in [2.05, 4.69) is 36.6 Å². The second-order valence-electron chi connectivity index (χ2n) is 12.9. The fourth-order valence-electron chi connectivity index (χ4n) is 5.50. The normalized spacial score (nSPS) is 10.8. The molecule has 0 unspecified atom stereocenters. The Balaban J connectivity index is -0.000000997. The van der Waals surface area contributed by atoms with Crippen molar-refractivity contribution in [1.29, 1.82) is 0 Å². The van der Waals surface area contributed by atoms with Crippen LogP contribution < -0.4 is 40.2 Å². The van der Waals surface area contributed by atoms with Crippen molar-refractivity contribution in [1.82, 2.24) is 10.6 Å². The maximum absolute atomic E-state index is 12.0. The molecule has 1 amide bonds. The van der Waals surface area contributed by atoms with Crippen LogP contribution in [0.25, 0.3) is 0 Å². The summed E-state index contributed by atoms with van der Waals surface area (Å²) in [7, 11) is 1.59. The van der Waals surface area contributed by atoms with Crippen LogP contribution in [-0.2, 0) is 9.59 Å². The minimum atomic E-state index is -0.822. The Labute approximate surface area is 305 Å². The molecule has 0 aliphatic rings. The van der Waals surface area contributed by atoms with Gasteiger partial charge in [-0.05, 0) is 45.6 Å². The number of hydrogen-bond donors (Lipinski definition) is 3. The first kappa shape index (κ1) is 49.0. The summed E-state index contributed by atoms with van der Waals surface area (Å²) in [6.45, 7) is 5.49. The van der Waals surface area contributed by atoms with Crippen LogP contribution in [0, 0.1) is 0 Å². The Morgan fingerprint density at radius 3 is 1.20 bits per heavy atom. The van der Waals surface area contributed by atoms with Crippen LogP contribution in [0.5, 0.6) is 0 Å². The second kappa shape index (κ2) is 45.8. The van der Waals surface area contributed by atoms with Gasteiger partial charge in [0.2, 0.25) is 5.91 Å². The van der Waals surface area contributed by atoms with Gasteiger partial charge in [-0.25, -0.2) is 0 Å². The summed E-state index contributed by atoms with van der Waals surface area (Å²) >= 11 is 0. The summed E-state index contributed by atoms with van der Waals surface area (Å²) < 4.78 is 0. The number of hydrogen-bond acceptors (Lipinski definition) is 3. The molecule has 45 heavy (non-hydrogen) atoms. The molecule has 6 heteroatoms. The average Bonchev–Trinajstić information content (AvgIpc) is 3.01. The van der Waals surface area contributed by atoms with E-state index in [1.165, 1.54) is 173 Å². The van der Waals surface area contributed by atoms with Crippen LogP contribution >= 0.6 is 0 Å². The molecule has 0 radical (unpaired) electrons. The van der Waals surface area contributed by atoms with Gasteiger partial charge in [-0.2, -0.15) is 0 Å². The molecule has 0 bridgehead atoms. The number of allylic oxidation sites excluding steroid dienone is 2. The van der Waals surface area contributed by atoms with Crippen molar-refractivity contribution in [2.45, 2.75) is 206 Å². The van der Waals surface area contributed by atoms with E-state index >= 15 is 0 Å². The van der Waals surface area contributed by atoms with Crippen LogP contribution in [0.2, 0.25) is 0 Å². The first-order chi connectivity index (χ1) is 21.6. The molecular formula is C39H79N2NaO3. The van der Waals surface area contributed by atoms with E-state index < -0.39 is 5.97 Å². The molecule has 0 atom stereocenters. The van der Waals surface area contributed by atoms with E-state index in [0.717, 1.165) is 25.8 Å². The van der Waals surface area contributed by atoms with Gasteiger partial charge in [-0.1, -0.05) is 174 Å². The molecule has 0 rings (SSSR count). The predicted molar refractivity (Wildman–Crippen MR) is 195 cm³/mol. The van der Waals surface area contributed by atoms with E-state index in [9.17, 15) is 9.59 Å². The smallest absolute Gasteiger partial charge is 1.00 e. The third-order valence-electron chi connectivity index (χ3n) is 8.35. The van der Waals surface area contributed by atoms with Gasteiger partial charge in [0.05, 0.1) is 6.54 Å². The van der Waals surface area contributed by atoms with Crippen molar-refractivity contribution in [3.05, 3.63) is 12.2 Å². The molecule has 0 fully saturated rings. The first-order valence-electron chi connectivity index (χ1n) is 19.4. The van der Waals surface area contributed by atoms with Gasteiger partial charge in [0, 0.05) is 13.0 Å². The molecule has 0 saturated carbocycles. The molecule has 0 heterocycles. The fourth-order valence-corrected chi connectivity index (χ4v) is 5.50. The Bertz CT molecular complexity index is 608. The molecule has 264 valence electrons. The van der Waals surface area contributed by atoms with Gasteiger partial charge in [0.15, 0.2) is 0 Å². The van der Waals surface area contributed by atoms with E-state index in [0.29, 0.717) is 0 Å². The molecule has 0 aromatic carbocycles. The average molecular weight is 647 g/mol. The number of nitrogens with one attached hydrogen (secondary N) is 2. The fraction of sp³-hybridized carbons (Fsp3) is 0.897. The van der Waals surface area contributed by atoms with Gasteiger partial charge in [0.1, 0.15) is 0 Å². The summed E-state index contributed by atoms with van der Waals surface area (Å²) in [6.07, 6.45) is 44.8. The zero-order chi connectivity index (χ0) is 32.6. The van der Waals surface area contributed by atoms with Crippen LogP contribution in [0.1, 0.15) is 208 Å². The summed E-state index contributed by atoms with van der Waals surface area (Å²) in [5, 5.41) is 13.5. The number of carboxylic acid groups (broad SMARTS) is 1. The quantitative estimate of drug-likeness (QED) is 0.0371. The minimum Gasteiger partial charge on any atom is -1.00 e. The summed E-state index contributed by atoms with van der Waals surface area (Å²) in [5.41, 5.74) is 0. The van der Waals surface area contributed by atoms with Gasteiger partial charge in [-0.3, -0.25) is 9.59 Å². The number of carboxylic acids is 1. The number of unbranched alkanes of at least 4 members (excludes halogenated alkanes) is 26. The molecule has 0 spiro atoms. The Morgan fingerprint density at radius 1 is 0.533 bits per heavy atom. The third kappa shape index (κ3) is 50.7. The number of amides is 1. The van der Waals surface area contributed by atoms with E-state index in [1.807, 2.05) is 0 Å². The Hall–Kier alpha value is -0.360. The van der Waals surface area contributed by atoms with E-state index in [-0.39, 0.29) is 43.4 Å². The molecule has 0 saturated heterocycles. The van der Waals surface area contributed by atoms with Gasteiger partial charge < -0.3 is 17.2 Å². The molecule has 3 N–H and O–H groups in total. The molecule has 0 aromatic rings. The van der Waals surface area contributed by atoms with Gasteiger partial charge in [0.25, 0.3) is 0 Å². The number of likely N-dealkylation sites (N-methyl/N-ethyl adjacent to an activating group) is 1. The predicted octanol–water partition coefficient (Wildman–Crippen LogP) is 8.81. The third-order valence-corrected chi connectivity index (χ3v) is 8.35. The zero-order valence-corrected chi connectivity index (χ0v) is 33.0. The molecule has 0 aliphatic carbocycles. The molecule has 5 nitrogen and oxygen atoms in total. The number of carbonyl (C=O) groups is 2. The SMILES string of the molecule is CCCCCCCC/C=C\CCCCCCCC(=O)NCCCCCCCCCCCCCCCCCC.CNCC(=O)O.[H-].[Na+]. The van der Waals surface area contributed by atoms with E-state index in [4.69, 9.17) is 5.11 Å². The van der Waals surface area contributed by atoms with Crippen LogP contribution in [0.3, 0.4) is 0 Å². The molecule has 0 aliphatic heterocycles. The number of carbonyl (C=O) groups excluding carboxylic acids is 1. The van der Waals surface area contributed by atoms with E-state index in [1.54, 1.807) is 7.05 Å². The van der Waals surface area contributed by atoms with Crippen molar-refractivity contribution in [3.63, 3.8) is 0 Å². The summed E-state index contributed by atoms with van der Waals surface area (Å²) in [6, 6.07) is 0. The topological polar surface area (TPSA) is 78.4 Å². The second-order valence-corrected chi connectivity index (χ2v) is 12.9. The van der Waals surface area contributed by atoms with Gasteiger partial charge in [-0.15, -0.1) is 0 Å². The van der Waals surface area contributed by atoms with Crippen molar-refractivity contribution < 1.29 is 45.7 Å². The number of rotatable bonds is 34. The zero-order valence-electron chi connectivity index (χ0n) is 32.0. The Morgan fingerprint density at radius 2 is 0.867 bits per heavy atom. The van der Waals surface area contributed by atoms with Gasteiger partial charge >= 0.3 is 35.5 Å². The summed E-state index contributed by atoms with van der Waals surface area (Å²) in [4.78, 5) is 21.6. The van der Waals surface area contributed by atoms with Crippen molar-refractivity contribution in [3.8, 4) is 0 Å².